The highest BCUT2D eigenvalue weighted by molar-refractivity contribution is 7.00. The third-order valence-corrected chi connectivity index (χ3v) is 14.0. The Morgan fingerprint density at radius 3 is 1.29 bits per heavy atom. The molecule has 2 aliphatic rings. The highest BCUT2D eigenvalue weighted by Crippen LogP contribution is 2.48. The van der Waals surface area contributed by atoms with Gasteiger partial charge in [-0.2, -0.15) is 0 Å². The molecule has 0 bridgehead atoms. The summed E-state index contributed by atoms with van der Waals surface area (Å²) in [5.41, 5.74) is 22.4. The molecule has 0 saturated heterocycles. The molecule has 0 fully saturated rings. The molecule has 12 rings (SSSR count). The number of hydrogen-bond donors (Lipinski definition) is 0. The number of para-hydroxylation sites is 1. The standard InChI is InChI=1S/C62H51BN2O/c1-61(2,3)46-26-32-52-54(38-46)64(48-28-21-42(22-29-48)40-15-9-7-10-16-40)56-36-45(44-25-34-59-51(35-44)50-19-13-14-20-58(50)66-59)37-57-60(56)63(52)53-33-27-47(62(4,5)6)39-55(53)65(57)49-30-23-43(24-31-49)41-17-11-8-12-18-41/h7-39H,1-6H3. The molecule has 0 radical (unpaired) electrons. The summed E-state index contributed by atoms with van der Waals surface area (Å²) < 4.78 is 6.37. The molecule has 0 atom stereocenters. The molecule has 3 nitrogen and oxygen atoms in total. The van der Waals surface area contributed by atoms with Crippen molar-refractivity contribution in [1.82, 2.24) is 0 Å². The highest BCUT2D eigenvalue weighted by atomic mass is 16.3. The van der Waals surface area contributed by atoms with Crippen LogP contribution in [0.3, 0.4) is 0 Å². The van der Waals surface area contributed by atoms with E-state index in [2.05, 4.69) is 245 Å². The van der Waals surface area contributed by atoms with Crippen LogP contribution < -0.4 is 26.2 Å². The van der Waals surface area contributed by atoms with Crippen molar-refractivity contribution in [2.24, 2.45) is 0 Å². The zero-order valence-corrected chi connectivity index (χ0v) is 38.4. The molecule has 9 aromatic carbocycles. The topological polar surface area (TPSA) is 19.6 Å². The van der Waals surface area contributed by atoms with Crippen molar-refractivity contribution in [1.29, 1.82) is 0 Å². The summed E-state index contributed by atoms with van der Waals surface area (Å²) in [5, 5.41) is 2.25. The van der Waals surface area contributed by atoms with E-state index in [-0.39, 0.29) is 17.5 Å². The van der Waals surface area contributed by atoms with Gasteiger partial charge in [-0.3, -0.25) is 0 Å². The van der Waals surface area contributed by atoms with Gasteiger partial charge in [0, 0.05) is 44.9 Å². The number of anilines is 6. The van der Waals surface area contributed by atoms with Crippen LogP contribution in [0.4, 0.5) is 34.1 Å². The molecule has 0 N–H and O–H groups in total. The zero-order chi connectivity index (χ0) is 44.9. The first kappa shape index (κ1) is 40.0. The van der Waals surface area contributed by atoms with E-state index in [1.807, 2.05) is 6.07 Å². The fourth-order valence-electron chi connectivity index (χ4n) is 10.4. The molecule has 1 aromatic heterocycles. The van der Waals surface area contributed by atoms with E-state index in [0.717, 1.165) is 44.4 Å². The van der Waals surface area contributed by atoms with E-state index >= 15 is 0 Å². The smallest absolute Gasteiger partial charge is 0.252 e. The lowest BCUT2D eigenvalue weighted by atomic mass is 9.33. The maximum Gasteiger partial charge on any atom is 0.252 e. The Kier molecular flexibility index (Phi) is 9.09. The monoisotopic (exact) mass is 850 g/mol. The van der Waals surface area contributed by atoms with Gasteiger partial charge in [0.05, 0.1) is 0 Å². The summed E-state index contributed by atoms with van der Waals surface area (Å²) in [4.78, 5) is 5.10. The number of furan rings is 1. The Hall–Kier alpha value is -7.56. The summed E-state index contributed by atoms with van der Waals surface area (Å²) in [6, 6.07) is 74.3. The minimum Gasteiger partial charge on any atom is -0.456 e. The Labute approximate surface area is 388 Å². The largest absolute Gasteiger partial charge is 0.456 e. The second-order valence-corrected chi connectivity index (χ2v) is 20.2. The SMILES string of the molecule is CC(C)(C)c1ccc2c(c1)N(c1ccc(-c3ccccc3)cc1)c1cc(-c3ccc4oc5ccccc5c4c3)cc3c1B2c1ccc(C(C)(C)C)cc1N3c1ccc(-c2ccccc2)cc1. The first-order valence-corrected chi connectivity index (χ1v) is 23.3. The van der Waals surface area contributed by atoms with E-state index in [1.165, 1.54) is 72.5 Å². The van der Waals surface area contributed by atoms with Gasteiger partial charge in [-0.05, 0) is 138 Å². The number of benzene rings is 9. The molecule has 0 aliphatic carbocycles. The van der Waals surface area contributed by atoms with Gasteiger partial charge in [-0.15, -0.1) is 0 Å². The van der Waals surface area contributed by atoms with E-state index in [0.29, 0.717) is 0 Å². The average molecular weight is 851 g/mol. The molecular weight excluding hydrogens is 800 g/mol. The number of rotatable bonds is 5. The van der Waals surface area contributed by atoms with E-state index in [9.17, 15) is 0 Å². The molecule has 0 saturated carbocycles. The fraction of sp³-hybridized carbons (Fsp3) is 0.129. The van der Waals surface area contributed by atoms with Crippen LogP contribution in [0.15, 0.2) is 205 Å². The summed E-state index contributed by atoms with van der Waals surface area (Å²) in [6.45, 7) is 13.9. The first-order chi connectivity index (χ1) is 32.0. The van der Waals surface area contributed by atoms with Crippen LogP contribution in [0.5, 0.6) is 0 Å². The van der Waals surface area contributed by atoms with Crippen molar-refractivity contribution in [3.63, 3.8) is 0 Å². The maximum absolute atomic E-state index is 6.37. The average Bonchev–Trinajstić information content (AvgIpc) is 3.72. The second-order valence-electron chi connectivity index (χ2n) is 20.2. The van der Waals surface area contributed by atoms with Crippen LogP contribution in [0.2, 0.25) is 0 Å². The molecule has 0 spiro atoms. The Bertz CT molecular complexity index is 3310. The normalized spacial score (nSPS) is 13.2. The minimum atomic E-state index is -0.0529. The van der Waals surface area contributed by atoms with Crippen LogP contribution in [0.1, 0.15) is 52.7 Å². The summed E-state index contributed by atoms with van der Waals surface area (Å²) >= 11 is 0. The number of hydrogen-bond acceptors (Lipinski definition) is 3. The molecule has 3 heterocycles. The van der Waals surface area contributed by atoms with Crippen molar-refractivity contribution in [3.05, 3.63) is 211 Å². The van der Waals surface area contributed by atoms with Crippen molar-refractivity contribution < 1.29 is 4.42 Å². The summed E-state index contributed by atoms with van der Waals surface area (Å²) in [5.74, 6) is 0. The number of nitrogens with zero attached hydrogens (tertiary/aromatic N) is 2. The second kappa shape index (κ2) is 15.0. The first-order valence-electron chi connectivity index (χ1n) is 23.3. The third kappa shape index (κ3) is 6.58. The Morgan fingerprint density at radius 1 is 0.348 bits per heavy atom. The third-order valence-electron chi connectivity index (χ3n) is 14.0. The van der Waals surface area contributed by atoms with E-state index in [4.69, 9.17) is 4.42 Å². The Balaban J connectivity index is 1.16. The minimum absolute atomic E-state index is 0.00271. The predicted molar refractivity (Wildman–Crippen MR) is 281 cm³/mol. The van der Waals surface area contributed by atoms with E-state index < -0.39 is 0 Å². The maximum atomic E-state index is 6.37. The molecular formula is C62H51BN2O. The van der Waals surface area contributed by atoms with Crippen molar-refractivity contribution in [2.45, 2.75) is 52.4 Å². The van der Waals surface area contributed by atoms with Crippen LogP contribution in [0, 0.1) is 0 Å². The van der Waals surface area contributed by atoms with Gasteiger partial charge in [-0.25, -0.2) is 0 Å². The molecule has 10 aromatic rings. The van der Waals surface area contributed by atoms with Gasteiger partial charge in [0.2, 0.25) is 0 Å². The van der Waals surface area contributed by atoms with Crippen LogP contribution in [-0.4, -0.2) is 6.71 Å². The molecule has 66 heavy (non-hydrogen) atoms. The van der Waals surface area contributed by atoms with Crippen LogP contribution in [-0.2, 0) is 10.8 Å². The molecule has 318 valence electrons. The lowest BCUT2D eigenvalue weighted by molar-refractivity contribution is 0.590. The van der Waals surface area contributed by atoms with Crippen LogP contribution in [0.25, 0.3) is 55.3 Å². The summed E-state index contributed by atoms with van der Waals surface area (Å²) in [6.07, 6.45) is 0. The van der Waals surface area contributed by atoms with Gasteiger partial charge in [0.15, 0.2) is 0 Å². The Morgan fingerprint density at radius 2 is 0.788 bits per heavy atom. The van der Waals surface area contributed by atoms with Crippen LogP contribution >= 0.6 is 0 Å². The summed E-state index contributed by atoms with van der Waals surface area (Å²) in [7, 11) is 0. The predicted octanol–water partition coefficient (Wildman–Crippen LogP) is 15.3. The van der Waals surface area contributed by atoms with Gasteiger partial charge in [0.1, 0.15) is 11.2 Å². The molecule has 4 heteroatoms. The van der Waals surface area contributed by atoms with Gasteiger partial charge >= 0.3 is 0 Å². The van der Waals surface area contributed by atoms with Gasteiger partial charge < -0.3 is 14.2 Å². The van der Waals surface area contributed by atoms with Crippen molar-refractivity contribution in [3.8, 4) is 33.4 Å². The van der Waals surface area contributed by atoms with E-state index in [1.54, 1.807) is 0 Å². The fourth-order valence-corrected chi connectivity index (χ4v) is 10.4. The highest BCUT2D eigenvalue weighted by Gasteiger charge is 2.44. The molecule has 0 unspecified atom stereocenters. The lowest BCUT2D eigenvalue weighted by Crippen LogP contribution is -2.61. The molecule has 0 amide bonds. The van der Waals surface area contributed by atoms with Gasteiger partial charge in [0.25, 0.3) is 6.71 Å². The molecule has 2 aliphatic heterocycles. The number of fused-ring (bicyclic) bond motifs is 7. The zero-order valence-electron chi connectivity index (χ0n) is 38.4. The van der Waals surface area contributed by atoms with Gasteiger partial charge in [-0.1, -0.05) is 175 Å². The quantitative estimate of drug-likeness (QED) is 0.161. The van der Waals surface area contributed by atoms with Crippen molar-refractivity contribution >= 4 is 79.2 Å². The van der Waals surface area contributed by atoms with Crippen molar-refractivity contribution in [2.75, 3.05) is 9.80 Å². The lowest BCUT2D eigenvalue weighted by Gasteiger charge is -2.45.